The van der Waals surface area contributed by atoms with Gasteiger partial charge in [-0.3, -0.25) is 4.98 Å². The third-order valence-electron chi connectivity index (χ3n) is 5.09. The van der Waals surface area contributed by atoms with Crippen molar-refractivity contribution in [2.75, 3.05) is 0 Å². The first-order chi connectivity index (χ1) is 8.69. The monoisotopic (exact) mass is 244 g/mol. The zero-order valence-corrected chi connectivity index (χ0v) is 11.4. The number of fused-ring (bicyclic) bond motifs is 1. The lowest BCUT2D eigenvalue weighted by Gasteiger charge is -2.34. The van der Waals surface area contributed by atoms with Gasteiger partial charge >= 0.3 is 0 Å². The fraction of sp³-hybridized carbons (Fsp3) is 0.688. The van der Waals surface area contributed by atoms with E-state index in [2.05, 4.69) is 24.0 Å². The van der Waals surface area contributed by atoms with Crippen LogP contribution in [0, 0.1) is 5.92 Å². The molecule has 2 heteroatoms. The lowest BCUT2D eigenvalue weighted by atomic mass is 9.77. The zero-order chi connectivity index (χ0) is 12.6. The summed E-state index contributed by atoms with van der Waals surface area (Å²) >= 11 is 0. The number of nitrogens with zero attached hydrogens (tertiary/aromatic N) is 1. The number of aryl methyl sites for hydroxylation is 1. The molecule has 2 N–H and O–H groups in total. The molecule has 2 aliphatic rings. The molecule has 3 rings (SSSR count). The highest BCUT2D eigenvalue weighted by molar-refractivity contribution is 5.32. The summed E-state index contributed by atoms with van der Waals surface area (Å²) in [7, 11) is 0. The predicted molar refractivity (Wildman–Crippen MR) is 74.5 cm³/mol. The number of aromatic nitrogens is 1. The maximum absolute atomic E-state index is 6.80. The van der Waals surface area contributed by atoms with E-state index < -0.39 is 0 Å². The van der Waals surface area contributed by atoms with E-state index in [1.807, 2.05) is 6.20 Å². The van der Waals surface area contributed by atoms with E-state index in [1.54, 1.807) is 0 Å². The van der Waals surface area contributed by atoms with E-state index in [0.717, 1.165) is 5.92 Å². The molecule has 1 aromatic rings. The van der Waals surface area contributed by atoms with Crippen molar-refractivity contribution in [1.82, 2.24) is 4.98 Å². The molecular weight excluding hydrogens is 220 g/mol. The molecule has 2 aliphatic carbocycles. The Kier molecular flexibility index (Phi) is 3.14. The molecule has 3 atom stereocenters. The lowest BCUT2D eigenvalue weighted by Crippen LogP contribution is -2.45. The summed E-state index contributed by atoms with van der Waals surface area (Å²) in [6.07, 6.45) is 10.6. The second-order valence-electron chi connectivity index (χ2n) is 6.41. The van der Waals surface area contributed by atoms with Gasteiger partial charge in [-0.05, 0) is 49.7 Å². The Balaban J connectivity index is 1.86. The highest BCUT2D eigenvalue weighted by atomic mass is 14.8. The Morgan fingerprint density at radius 1 is 1.28 bits per heavy atom. The normalized spacial score (nSPS) is 36.1. The third kappa shape index (κ3) is 2.07. The van der Waals surface area contributed by atoms with Crippen LogP contribution in [0.5, 0.6) is 0 Å². The summed E-state index contributed by atoms with van der Waals surface area (Å²) in [5, 5.41) is 0. The fourth-order valence-corrected chi connectivity index (χ4v) is 3.88. The molecule has 98 valence electrons. The van der Waals surface area contributed by atoms with Gasteiger partial charge in [-0.25, -0.2) is 0 Å². The molecule has 0 saturated heterocycles. The maximum Gasteiger partial charge on any atom is 0.0484 e. The van der Waals surface area contributed by atoms with Crippen molar-refractivity contribution in [3.8, 4) is 0 Å². The molecule has 1 saturated carbocycles. The van der Waals surface area contributed by atoms with Crippen molar-refractivity contribution in [1.29, 1.82) is 0 Å². The highest BCUT2D eigenvalue weighted by Gasteiger charge is 2.41. The fourth-order valence-electron chi connectivity index (χ4n) is 3.88. The third-order valence-corrected chi connectivity index (χ3v) is 5.09. The van der Waals surface area contributed by atoms with Gasteiger partial charge in [0, 0.05) is 23.3 Å². The van der Waals surface area contributed by atoms with Gasteiger partial charge in [0.2, 0.25) is 0 Å². The van der Waals surface area contributed by atoms with Crippen LogP contribution in [0.3, 0.4) is 0 Å². The molecule has 0 aromatic carbocycles. The summed E-state index contributed by atoms with van der Waals surface area (Å²) in [5.41, 5.74) is 9.54. The van der Waals surface area contributed by atoms with Crippen LogP contribution in [0.15, 0.2) is 18.3 Å². The molecule has 3 unspecified atom stereocenters. The Labute approximate surface area is 110 Å². The van der Waals surface area contributed by atoms with Gasteiger partial charge in [0.05, 0.1) is 0 Å². The van der Waals surface area contributed by atoms with Crippen molar-refractivity contribution in [2.45, 2.75) is 63.3 Å². The van der Waals surface area contributed by atoms with Crippen molar-refractivity contribution >= 4 is 0 Å². The van der Waals surface area contributed by atoms with Gasteiger partial charge in [-0.1, -0.05) is 25.8 Å². The van der Waals surface area contributed by atoms with E-state index in [1.165, 1.54) is 56.2 Å². The average molecular weight is 244 g/mol. The largest absolute Gasteiger partial charge is 0.324 e. The highest BCUT2D eigenvalue weighted by Crippen LogP contribution is 2.44. The van der Waals surface area contributed by atoms with E-state index in [0.29, 0.717) is 5.92 Å². The number of hydrogen-bond acceptors (Lipinski definition) is 2. The summed E-state index contributed by atoms with van der Waals surface area (Å²) in [6, 6.07) is 4.28. The van der Waals surface area contributed by atoms with Gasteiger partial charge in [-0.15, -0.1) is 0 Å². The number of hydrogen-bond donors (Lipinski definition) is 1. The molecule has 1 fully saturated rings. The number of rotatable bonds is 1. The van der Waals surface area contributed by atoms with E-state index >= 15 is 0 Å². The molecular formula is C16H24N2. The molecule has 1 heterocycles. The van der Waals surface area contributed by atoms with Crippen LogP contribution in [-0.2, 0) is 6.42 Å². The molecule has 2 nitrogen and oxygen atoms in total. The average Bonchev–Trinajstić information content (AvgIpc) is 2.73. The molecule has 1 aromatic heterocycles. The maximum atomic E-state index is 6.80. The molecule has 0 bridgehead atoms. The van der Waals surface area contributed by atoms with Crippen LogP contribution < -0.4 is 5.73 Å². The standard InChI is InChI=1S/C16H24N2/c1-12-4-2-9-16(17,10-8-12)14-7-6-13-5-3-11-18-15(13)14/h3,5,11-12,14H,2,4,6-10,17H2,1H3. The lowest BCUT2D eigenvalue weighted by molar-refractivity contribution is 0.294. The first-order valence-corrected chi connectivity index (χ1v) is 7.42. The smallest absolute Gasteiger partial charge is 0.0484 e. The minimum Gasteiger partial charge on any atom is -0.324 e. The Bertz CT molecular complexity index is 429. The topological polar surface area (TPSA) is 38.9 Å². The van der Waals surface area contributed by atoms with Crippen LogP contribution in [0.4, 0.5) is 0 Å². The number of nitrogens with two attached hydrogens (primary N) is 1. The van der Waals surface area contributed by atoms with Crippen LogP contribution in [-0.4, -0.2) is 10.5 Å². The summed E-state index contributed by atoms with van der Waals surface area (Å²) in [5.74, 6) is 1.35. The van der Waals surface area contributed by atoms with E-state index in [4.69, 9.17) is 5.73 Å². The molecule has 0 spiro atoms. The quantitative estimate of drug-likeness (QED) is 0.769. The van der Waals surface area contributed by atoms with E-state index in [9.17, 15) is 0 Å². The van der Waals surface area contributed by atoms with Crippen LogP contribution in [0.1, 0.15) is 62.6 Å². The Hall–Kier alpha value is -0.890. The SMILES string of the molecule is CC1CCCC(N)(C2CCc3cccnc32)CC1. The van der Waals surface area contributed by atoms with Gasteiger partial charge in [0.1, 0.15) is 0 Å². The second kappa shape index (κ2) is 4.65. The molecule has 18 heavy (non-hydrogen) atoms. The van der Waals surface area contributed by atoms with Gasteiger partial charge in [-0.2, -0.15) is 0 Å². The van der Waals surface area contributed by atoms with Crippen molar-refractivity contribution in [3.05, 3.63) is 29.6 Å². The van der Waals surface area contributed by atoms with Crippen LogP contribution >= 0.6 is 0 Å². The first-order valence-electron chi connectivity index (χ1n) is 7.42. The molecule has 0 amide bonds. The van der Waals surface area contributed by atoms with Gasteiger partial charge in [0.15, 0.2) is 0 Å². The summed E-state index contributed by atoms with van der Waals surface area (Å²) in [6.45, 7) is 2.37. The Morgan fingerprint density at radius 2 is 2.17 bits per heavy atom. The van der Waals surface area contributed by atoms with Crippen molar-refractivity contribution in [3.63, 3.8) is 0 Å². The summed E-state index contributed by atoms with van der Waals surface area (Å²) in [4.78, 5) is 4.63. The zero-order valence-electron chi connectivity index (χ0n) is 11.4. The Morgan fingerprint density at radius 3 is 3.06 bits per heavy atom. The molecule has 0 aliphatic heterocycles. The summed E-state index contributed by atoms with van der Waals surface area (Å²) < 4.78 is 0. The minimum atomic E-state index is 0.00433. The van der Waals surface area contributed by atoms with Gasteiger partial charge in [0.25, 0.3) is 0 Å². The second-order valence-corrected chi connectivity index (χ2v) is 6.41. The van der Waals surface area contributed by atoms with Crippen LogP contribution in [0.25, 0.3) is 0 Å². The molecule has 0 radical (unpaired) electrons. The van der Waals surface area contributed by atoms with Crippen molar-refractivity contribution in [2.24, 2.45) is 11.7 Å². The van der Waals surface area contributed by atoms with Crippen molar-refractivity contribution < 1.29 is 0 Å². The number of pyridine rings is 1. The first kappa shape index (κ1) is 12.2. The van der Waals surface area contributed by atoms with Crippen LogP contribution in [0.2, 0.25) is 0 Å². The van der Waals surface area contributed by atoms with E-state index in [-0.39, 0.29) is 5.54 Å². The minimum absolute atomic E-state index is 0.00433. The predicted octanol–water partition coefficient (Wildman–Crippen LogP) is 3.41. The van der Waals surface area contributed by atoms with Gasteiger partial charge < -0.3 is 5.73 Å².